The highest BCUT2D eigenvalue weighted by atomic mass is 35.5. The van der Waals surface area contributed by atoms with Crippen LogP contribution >= 0.6 is 11.6 Å². The van der Waals surface area contributed by atoms with E-state index in [1.807, 2.05) is 49.3 Å². The minimum Gasteiger partial charge on any atom is -0.392 e. The summed E-state index contributed by atoms with van der Waals surface area (Å²) in [4.78, 5) is 10.6. The van der Waals surface area contributed by atoms with Crippen molar-refractivity contribution in [3.63, 3.8) is 0 Å². The molecule has 0 amide bonds. The van der Waals surface area contributed by atoms with E-state index in [1.54, 1.807) is 0 Å². The van der Waals surface area contributed by atoms with E-state index in [-0.39, 0.29) is 11.2 Å². The second-order valence-corrected chi connectivity index (χ2v) is 5.57. The van der Waals surface area contributed by atoms with Gasteiger partial charge in [0.15, 0.2) is 0 Å². The van der Waals surface area contributed by atoms with Gasteiger partial charge in [0.2, 0.25) is 5.28 Å². The summed E-state index contributed by atoms with van der Waals surface area (Å²) < 4.78 is 0. The van der Waals surface area contributed by atoms with Crippen LogP contribution in [0.15, 0.2) is 30.3 Å². The maximum atomic E-state index is 10.4. The number of halogens is 1. The molecule has 5 heteroatoms. The molecule has 0 bridgehead atoms. The van der Waals surface area contributed by atoms with Crippen molar-refractivity contribution >= 4 is 17.4 Å². The van der Waals surface area contributed by atoms with Crippen LogP contribution in [0.1, 0.15) is 22.7 Å². The highest BCUT2D eigenvalue weighted by Crippen LogP contribution is 2.40. The van der Waals surface area contributed by atoms with Gasteiger partial charge in [0, 0.05) is 26.1 Å². The highest BCUT2D eigenvalue weighted by Gasteiger charge is 2.36. The third-order valence-corrected chi connectivity index (χ3v) is 3.83. The predicted molar refractivity (Wildman–Crippen MR) is 79.4 cm³/mol. The summed E-state index contributed by atoms with van der Waals surface area (Å²) in [6.07, 6.45) is 0.0680. The molecule has 3 rings (SSSR count). The molecule has 1 heterocycles. The standard InChI is InChI=1S/C15H16ClN3O/c1-19(2)14-10-8-11(20)12(9-6-4-3-5-7-9)13(10)17-15(16)18-14/h3-7,11-12,20H,8H2,1-2H3. The lowest BCUT2D eigenvalue weighted by Gasteiger charge is -2.17. The molecule has 0 aliphatic heterocycles. The molecule has 1 aromatic carbocycles. The SMILES string of the molecule is CN(C)c1nc(Cl)nc2c1CC(O)C2c1ccccc1. The van der Waals surface area contributed by atoms with Crippen LogP contribution in [0.4, 0.5) is 5.82 Å². The number of hydrogen-bond acceptors (Lipinski definition) is 4. The predicted octanol–water partition coefficient (Wildman–Crippen LogP) is 2.24. The second-order valence-electron chi connectivity index (χ2n) is 5.23. The van der Waals surface area contributed by atoms with Crippen molar-refractivity contribution in [2.24, 2.45) is 0 Å². The molecule has 2 atom stereocenters. The number of fused-ring (bicyclic) bond motifs is 1. The van der Waals surface area contributed by atoms with Crippen molar-refractivity contribution in [3.05, 3.63) is 52.4 Å². The first-order valence-electron chi connectivity index (χ1n) is 6.54. The average Bonchev–Trinajstić information content (AvgIpc) is 2.74. The van der Waals surface area contributed by atoms with Crippen LogP contribution in [0, 0.1) is 0 Å². The Morgan fingerprint density at radius 2 is 1.90 bits per heavy atom. The maximum absolute atomic E-state index is 10.4. The van der Waals surface area contributed by atoms with Crippen molar-refractivity contribution in [1.82, 2.24) is 9.97 Å². The summed E-state index contributed by atoms with van der Waals surface area (Å²) >= 11 is 6.04. The molecule has 1 aliphatic carbocycles. The lowest BCUT2D eigenvalue weighted by atomic mass is 9.95. The number of aliphatic hydroxyl groups is 1. The van der Waals surface area contributed by atoms with E-state index >= 15 is 0 Å². The van der Waals surface area contributed by atoms with Crippen LogP contribution < -0.4 is 4.90 Å². The number of nitrogens with zero attached hydrogens (tertiary/aromatic N) is 3. The molecule has 104 valence electrons. The molecule has 0 spiro atoms. The Morgan fingerprint density at radius 1 is 1.20 bits per heavy atom. The minimum absolute atomic E-state index is 0.134. The van der Waals surface area contributed by atoms with Crippen molar-refractivity contribution in [2.45, 2.75) is 18.4 Å². The fraction of sp³-hybridized carbons (Fsp3) is 0.333. The summed E-state index contributed by atoms with van der Waals surface area (Å²) in [5.41, 5.74) is 2.88. The largest absolute Gasteiger partial charge is 0.392 e. The molecule has 0 fully saturated rings. The molecular weight excluding hydrogens is 274 g/mol. The van der Waals surface area contributed by atoms with Crippen molar-refractivity contribution in [3.8, 4) is 0 Å². The molecule has 1 aliphatic rings. The normalized spacial score (nSPS) is 20.8. The first kappa shape index (κ1) is 13.3. The summed E-state index contributed by atoms with van der Waals surface area (Å²) in [6.45, 7) is 0. The molecule has 1 N–H and O–H groups in total. The quantitative estimate of drug-likeness (QED) is 0.862. The van der Waals surface area contributed by atoms with Gasteiger partial charge in [0.25, 0.3) is 0 Å². The van der Waals surface area contributed by atoms with Gasteiger partial charge in [-0.25, -0.2) is 9.97 Å². The summed E-state index contributed by atoms with van der Waals surface area (Å²) in [5.74, 6) is 0.655. The molecule has 2 aromatic rings. The lowest BCUT2D eigenvalue weighted by Crippen LogP contribution is -2.15. The van der Waals surface area contributed by atoms with Gasteiger partial charge in [-0.3, -0.25) is 0 Å². The molecule has 20 heavy (non-hydrogen) atoms. The Hall–Kier alpha value is -1.65. The zero-order valence-corrected chi connectivity index (χ0v) is 12.2. The number of aliphatic hydroxyl groups excluding tert-OH is 1. The van der Waals surface area contributed by atoms with E-state index in [2.05, 4.69) is 9.97 Å². The van der Waals surface area contributed by atoms with Crippen LogP contribution in [0.2, 0.25) is 5.28 Å². The lowest BCUT2D eigenvalue weighted by molar-refractivity contribution is 0.169. The maximum Gasteiger partial charge on any atom is 0.224 e. The smallest absolute Gasteiger partial charge is 0.224 e. The fourth-order valence-corrected chi connectivity index (χ4v) is 3.01. The number of anilines is 1. The van der Waals surface area contributed by atoms with Crippen molar-refractivity contribution < 1.29 is 5.11 Å². The Labute approximate surface area is 123 Å². The van der Waals surface area contributed by atoms with Crippen LogP contribution in [-0.2, 0) is 6.42 Å². The van der Waals surface area contributed by atoms with Gasteiger partial charge in [-0.15, -0.1) is 0 Å². The second kappa shape index (κ2) is 5.04. The Kier molecular flexibility index (Phi) is 3.36. The molecular formula is C15H16ClN3O. The molecule has 1 aromatic heterocycles. The van der Waals surface area contributed by atoms with Crippen LogP contribution in [-0.4, -0.2) is 35.3 Å². The number of rotatable bonds is 2. The Balaban J connectivity index is 2.15. The molecule has 4 nitrogen and oxygen atoms in total. The topological polar surface area (TPSA) is 49.2 Å². The van der Waals surface area contributed by atoms with Gasteiger partial charge in [-0.05, 0) is 17.2 Å². The van der Waals surface area contributed by atoms with E-state index in [9.17, 15) is 5.11 Å². The van der Waals surface area contributed by atoms with Gasteiger partial charge in [-0.1, -0.05) is 30.3 Å². The van der Waals surface area contributed by atoms with Crippen LogP contribution in [0.25, 0.3) is 0 Å². The van der Waals surface area contributed by atoms with E-state index in [4.69, 9.17) is 11.6 Å². The van der Waals surface area contributed by atoms with Crippen molar-refractivity contribution in [2.75, 3.05) is 19.0 Å². The number of benzene rings is 1. The van der Waals surface area contributed by atoms with Gasteiger partial charge >= 0.3 is 0 Å². The highest BCUT2D eigenvalue weighted by molar-refractivity contribution is 6.28. The van der Waals surface area contributed by atoms with E-state index < -0.39 is 6.10 Å². The Morgan fingerprint density at radius 3 is 2.55 bits per heavy atom. The minimum atomic E-state index is -0.487. The summed E-state index contributed by atoms with van der Waals surface area (Å²) in [6, 6.07) is 9.91. The van der Waals surface area contributed by atoms with Crippen LogP contribution in [0.5, 0.6) is 0 Å². The number of aromatic nitrogens is 2. The first-order valence-corrected chi connectivity index (χ1v) is 6.92. The third kappa shape index (κ3) is 2.15. The fourth-order valence-electron chi connectivity index (χ4n) is 2.83. The average molecular weight is 290 g/mol. The summed E-state index contributed by atoms with van der Waals surface area (Å²) in [7, 11) is 3.84. The molecule has 0 radical (unpaired) electrons. The van der Waals surface area contributed by atoms with Gasteiger partial charge < -0.3 is 10.0 Å². The van der Waals surface area contributed by atoms with Gasteiger partial charge in [0.05, 0.1) is 17.7 Å². The zero-order chi connectivity index (χ0) is 14.3. The first-order chi connectivity index (χ1) is 9.58. The van der Waals surface area contributed by atoms with Gasteiger partial charge in [-0.2, -0.15) is 0 Å². The number of hydrogen-bond donors (Lipinski definition) is 1. The van der Waals surface area contributed by atoms with E-state index in [0.717, 1.165) is 22.6 Å². The Bertz CT molecular complexity index is 631. The van der Waals surface area contributed by atoms with E-state index in [1.165, 1.54) is 0 Å². The molecule has 0 saturated heterocycles. The molecule has 2 unspecified atom stereocenters. The zero-order valence-electron chi connectivity index (χ0n) is 11.4. The molecule has 0 saturated carbocycles. The van der Waals surface area contributed by atoms with E-state index in [0.29, 0.717) is 6.42 Å². The van der Waals surface area contributed by atoms with Gasteiger partial charge in [0.1, 0.15) is 5.82 Å². The van der Waals surface area contributed by atoms with Crippen LogP contribution in [0.3, 0.4) is 0 Å². The van der Waals surface area contributed by atoms with Crippen molar-refractivity contribution in [1.29, 1.82) is 0 Å². The third-order valence-electron chi connectivity index (χ3n) is 3.66. The summed E-state index contributed by atoms with van der Waals surface area (Å²) in [5, 5.41) is 10.7. The monoisotopic (exact) mass is 289 g/mol.